The Morgan fingerprint density at radius 1 is 0.314 bits per heavy atom. The first-order valence-electron chi connectivity index (χ1n) is 17.6. The molecular weight excluding hydrogens is 617 g/mol. The van der Waals surface area contributed by atoms with Crippen LogP contribution in [0.25, 0.3) is 78.4 Å². The van der Waals surface area contributed by atoms with Crippen molar-refractivity contribution < 1.29 is 0 Å². The van der Waals surface area contributed by atoms with Gasteiger partial charge in [-0.15, -0.1) is 0 Å². The molecule has 1 aromatic heterocycles. The van der Waals surface area contributed by atoms with Crippen molar-refractivity contribution in [3.8, 4) is 78.4 Å². The van der Waals surface area contributed by atoms with E-state index in [1.807, 2.05) is 24.3 Å². The van der Waals surface area contributed by atoms with E-state index in [9.17, 15) is 0 Å². The Kier molecular flexibility index (Phi) is 7.51. The smallest absolute Gasteiger partial charge is 0.160 e. The van der Waals surface area contributed by atoms with Crippen molar-refractivity contribution in [1.29, 1.82) is 0 Å². The average Bonchev–Trinajstić information content (AvgIpc) is 3.44. The molecule has 8 aromatic rings. The average molecular weight is 653 g/mol. The van der Waals surface area contributed by atoms with Gasteiger partial charge in [-0.05, 0) is 67.8 Å². The van der Waals surface area contributed by atoms with Gasteiger partial charge in [-0.3, -0.25) is 0 Å². The van der Waals surface area contributed by atoms with Crippen LogP contribution in [0.1, 0.15) is 25.0 Å². The first kappa shape index (κ1) is 30.7. The molecule has 2 heteroatoms. The maximum Gasteiger partial charge on any atom is 0.160 e. The molecule has 1 aliphatic carbocycles. The Hall–Kier alpha value is -6.38. The molecule has 0 N–H and O–H groups in total. The van der Waals surface area contributed by atoms with Gasteiger partial charge in [-0.25, -0.2) is 9.97 Å². The van der Waals surface area contributed by atoms with Gasteiger partial charge >= 0.3 is 0 Å². The Labute approximate surface area is 299 Å². The highest BCUT2D eigenvalue weighted by molar-refractivity contribution is 5.85. The summed E-state index contributed by atoms with van der Waals surface area (Å²) in [5.74, 6) is 0.716. The van der Waals surface area contributed by atoms with Gasteiger partial charge in [0.2, 0.25) is 0 Å². The largest absolute Gasteiger partial charge is 0.228 e. The zero-order valence-electron chi connectivity index (χ0n) is 28.7. The lowest BCUT2D eigenvalue weighted by Gasteiger charge is -2.21. The van der Waals surface area contributed by atoms with Crippen molar-refractivity contribution in [3.05, 3.63) is 193 Å². The molecular formula is C49H36N2. The van der Waals surface area contributed by atoms with E-state index >= 15 is 0 Å². The fourth-order valence-electron chi connectivity index (χ4n) is 7.51. The molecule has 51 heavy (non-hydrogen) atoms. The normalized spacial score (nSPS) is 12.7. The lowest BCUT2D eigenvalue weighted by Crippen LogP contribution is -2.14. The number of fused-ring (bicyclic) bond motifs is 3. The van der Waals surface area contributed by atoms with Crippen LogP contribution in [0.2, 0.25) is 0 Å². The summed E-state index contributed by atoms with van der Waals surface area (Å²) in [5, 5.41) is 0. The van der Waals surface area contributed by atoms with E-state index in [0.717, 1.165) is 28.1 Å². The maximum absolute atomic E-state index is 5.05. The lowest BCUT2D eigenvalue weighted by molar-refractivity contribution is 0.660. The summed E-state index contributed by atoms with van der Waals surface area (Å²) in [7, 11) is 0. The number of nitrogens with zero attached hydrogens (tertiary/aromatic N) is 2. The Balaban J connectivity index is 1.01. The molecule has 0 saturated carbocycles. The van der Waals surface area contributed by atoms with Crippen molar-refractivity contribution in [2.24, 2.45) is 0 Å². The third-order valence-corrected chi connectivity index (χ3v) is 10.4. The molecule has 1 heterocycles. The van der Waals surface area contributed by atoms with Crippen LogP contribution >= 0.6 is 0 Å². The number of hydrogen-bond donors (Lipinski definition) is 0. The van der Waals surface area contributed by atoms with Crippen molar-refractivity contribution in [1.82, 2.24) is 9.97 Å². The minimum absolute atomic E-state index is 0.0189. The van der Waals surface area contributed by atoms with Crippen molar-refractivity contribution in [2.75, 3.05) is 0 Å². The Bertz CT molecular complexity index is 2500. The topological polar surface area (TPSA) is 25.8 Å². The maximum atomic E-state index is 5.05. The monoisotopic (exact) mass is 652 g/mol. The van der Waals surface area contributed by atoms with Crippen LogP contribution in [0.3, 0.4) is 0 Å². The summed E-state index contributed by atoms with van der Waals surface area (Å²) in [6.45, 7) is 4.65. The summed E-state index contributed by atoms with van der Waals surface area (Å²) >= 11 is 0. The van der Waals surface area contributed by atoms with Gasteiger partial charge in [0.05, 0.1) is 11.4 Å². The van der Waals surface area contributed by atoms with Gasteiger partial charge in [-0.2, -0.15) is 0 Å². The highest BCUT2D eigenvalue weighted by atomic mass is 14.9. The van der Waals surface area contributed by atoms with Gasteiger partial charge in [0.15, 0.2) is 5.82 Å². The van der Waals surface area contributed by atoms with E-state index in [1.54, 1.807) is 0 Å². The highest BCUT2D eigenvalue weighted by Gasteiger charge is 2.35. The number of hydrogen-bond acceptors (Lipinski definition) is 2. The highest BCUT2D eigenvalue weighted by Crippen LogP contribution is 2.49. The predicted molar refractivity (Wildman–Crippen MR) is 212 cm³/mol. The minimum atomic E-state index is 0.0189. The zero-order chi connectivity index (χ0) is 34.4. The molecule has 242 valence electrons. The first-order valence-corrected chi connectivity index (χ1v) is 17.6. The van der Waals surface area contributed by atoms with Crippen molar-refractivity contribution in [3.63, 3.8) is 0 Å². The van der Waals surface area contributed by atoms with Gasteiger partial charge in [-0.1, -0.05) is 184 Å². The molecule has 0 fully saturated rings. The molecule has 1 aliphatic rings. The standard InChI is InChI=1S/C49H36N2/c1-49(2)44-16-10-9-15-42(44)43-31-41(29-30-45(43)49)37-19-17-35(18-20-37)36-23-27-39(28-24-36)47-32-46(50-48(51-47)40-13-7-4-8-14-40)38-25-21-34(22-26-38)33-11-5-3-6-12-33/h3-32H,1-2H3. The molecule has 0 bridgehead atoms. The third-order valence-electron chi connectivity index (χ3n) is 10.4. The quantitative estimate of drug-likeness (QED) is 0.179. The van der Waals surface area contributed by atoms with Gasteiger partial charge < -0.3 is 0 Å². The van der Waals surface area contributed by atoms with Crippen molar-refractivity contribution >= 4 is 0 Å². The van der Waals surface area contributed by atoms with Crippen LogP contribution in [-0.4, -0.2) is 9.97 Å². The second-order valence-corrected chi connectivity index (χ2v) is 13.9. The lowest BCUT2D eigenvalue weighted by atomic mass is 9.82. The SMILES string of the molecule is CC1(C)c2ccccc2-c2cc(-c3ccc(-c4ccc(-c5cc(-c6ccc(-c7ccccc7)cc6)nc(-c6ccccc6)n5)cc4)cc3)ccc21. The van der Waals surface area contributed by atoms with E-state index < -0.39 is 0 Å². The van der Waals surface area contributed by atoms with Crippen LogP contribution in [0.4, 0.5) is 0 Å². The molecule has 0 unspecified atom stereocenters. The minimum Gasteiger partial charge on any atom is -0.228 e. The second kappa shape index (κ2) is 12.5. The summed E-state index contributed by atoms with van der Waals surface area (Å²) in [6.07, 6.45) is 0. The van der Waals surface area contributed by atoms with E-state index in [0.29, 0.717) is 5.82 Å². The summed E-state index contributed by atoms with van der Waals surface area (Å²) in [6, 6.07) is 64.8. The summed E-state index contributed by atoms with van der Waals surface area (Å²) in [5.41, 5.74) is 17.6. The molecule has 0 atom stereocenters. The summed E-state index contributed by atoms with van der Waals surface area (Å²) < 4.78 is 0. The van der Waals surface area contributed by atoms with Crippen LogP contribution in [-0.2, 0) is 5.41 Å². The molecule has 9 rings (SSSR count). The van der Waals surface area contributed by atoms with Gasteiger partial charge in [0.25, 0.3) is 0 Å². The van der Waals surface area contributed by atoms with E-state index in [4.69, 9.17) is 9.97 Å². The Morgan fingerprint density at radius 2 is 0.706 bits per heavy atom. The molecule has 0 amide bonds. The number of rotatable bonds is 6. The van der Waals surface area contributed by atoms with Crippen LogP contribution < -0.4 is 0 Å². The third kappa shape index (κ3) is 5.65. The van der Waals surface area contributed by atoms with E-state index in [1.165, 1.54) is 55.6 Å². The van der Waals surface area contributed by atoms with E-state index in [-0.39, 0.29) is 5.41 Å². The predicted octanol–water partition coefficient (Wildman–Crippen LogP) is 12.8. The van der Waals surface area contributed by atoms with Crippen molar-refractivity contribution in [2.45, 2.75) is 19.3 Å². The molecule has 0 spiro atoms. The molecule has 2 nitrogen and oxygen atoms in total. The van der Waals surface area contributed by atoms with Crippen LogP contribution in [0.15, 0.2) is 182 Å². The van der Waals surface area contributed by atoms with E-state index in [2.05, 4.69) is 172 Å². The van der Waals surface area contributed by atoms with Gasteiger partial charge in [0, 0.05) is 22.1 Å². The number of aromatic nitrogens is 2. The van der Waals surface area contributed by atoms with Crippen LogP contribution in [0.5, 0.6) is 0 Å². The molecule has 0 saturated heterocycles. The fraction of sp³-hybridized carbons (Fsp3) is 0.0612. The first-order chi connectivity index (χ1) is 25.0. The molecule has 0 aliphatic heterocycles. The molecule has 7 aromatic carbocycles. The Morgan fingerprint density at radius 3 is 1.25 bits per heavy atom. The van der Waals surface area contributed by atoms with Crippen LogP contribution in [0, 0.1) is 0 Å². The van der Waals surface area contributed by atoms with Gasteiger partial charge in [0.1, 0.15) is 0 Å². The molecule has 0 radical (unpaired) electrons. The zero-order valence-corrected chi connectivity index (χ0v) is 28.7. The second-order valence-electron chi connectivity index (χ2n) is 13.9. The number of benzene rings is 7. The summed E-state index contributed by atoms with van der Waals surface area (Å²) in [4.78, 5) is 10.1. The fourth-order valence-corrected chi connectivity index (χ4v) is 7.51.